The van der Waals surface area contributed by atoms with E-state index in [-0.39, 0.29) is 23.5 Å². The Bertz CT molecular complexity index is 1220. The molecule has 5 rings (SSSR count). The van der Waals surface area contributed by atoms with Crippen LogP contribution in [-0.4, -0.2) is 22.8 Å². The smallest absolute Gasteiger partial charge is 0.335 e. The Hall–Kier alpha value is -4.13. The van der Waals surface area contributed by atoms with Crippen molar-refractivity contribution in [3.05, 3.63) is 88.6 Å². The van der Waals surface area contributed by atoms with Gasteiger partial charge < -0.3 is 19.0 Å². The summed E-state index contributed by atoms with van der Waals surface area (Å²) in [6.07, 6.45) is 3.06. The van der Waals surface area contributed by atoms with E-state index < -0.39 is 17.9 Å². The van der Waals surface area contributed by atoms with Crippen LogP contribution < -0.4 is 9.47 Å². The molecule has 1 atom stereocenters. The Morgan fingerprint density at radius 3 is 2.53 bits per heavy atom. The predicted molar refractivity (Wildman–Crippen MR) is 104 cm³/mol. The normalized spacial score (nSPS) is 18.5. The number of rotatable bonds is 3. The van der Waals surface area contributed by atoms with Crippen molar-refractivity contribution in [3.63, 3.8) is 0 Å². The molecular formula is C23H14O7. The minimum atomic E-state index is -1.03. The fourth-order valence-electron chi connectivity index (χ4n) is 3.75. The second-order valence-electron chi connectivity index (χ2n) is 6.97. The number of benzene rings is 2. The number of Topliss-reactive ketones (excluding diaryl/α,β-unsaturated/α-hetero) is 1. The maximum atomic E-state index is 12.8. The molecule has 0 bridgehead atoms. The molecule has 0 radical (unpaired) electrons. The van der Waals surface area contributed by atoms with E-state index in [2.05, 4.69) is 0 Å². The largest absolute Gasteiger partial charge is 0.478 e. The Balaban J connectivity index is 1.61. The number of carboxylic acids is 1. The lowest BCUT2D eigenvalue weighted by molar-refractivity contribution is -0.135. The maximum Gasteiger partial charge on any atom is 0.335 e. The molecule has 30 heavy (non-hydrogen) atoms. The first-order valence-corrected chi connectivity index (χ1v) is 9.20. The SMILES string of the molecule is O=C1CC(c2ccc(C(=O)O)cc2)c2c(ccc3c2OC(=Cc2ccco2)C3=O)O1. The van der Waals surface area contributed by atoms with Crippen LogP contribution in [0.15, 0.2) is 65.0 Å². The van der Waals surface area contributed by atoms with Gasteiger partial charge in [0.25, 0.3) is 0 Å². The van der Waals surface area contributed by atoms with Gasteiger partial charge in [-0.1, -0.05) is 12.1 Å². The molecule has 148 valence electrons. The van der Waals surface area contributed by atoms with Gasteiger partial charge in [0.15, 0.2) is 5.76 Å². The number of esters is 1. The molecule has 1 unspecified atom stereocenters. The number of carboxylic acid groups (broad SMARTS) is 1. The van der Waals surface area contributed by atoms with Crippen LogP contribution in [0, 0.1) is 0 Å². The van der Waals surface area contributed by atoms with Crippen molar-refractivity contribution < 1.29 is 33.4 Å². The monoisotopic (exact) mass is 402 g/mol. The number of ether oxygens (including phenoxy) is 2. The number of fused-ring (bicyclic) bond motifs is 3. The molecule has 3 heterocycles. The maximum absolute atomic E-state index is 12.8. The molecule has 7 heteroatoms. The Kier molecular flexibility index (Phi) is 4.03. The average molecular weight is 402 g/mol. The standard InChI is InChI=1S/C23H14O7/c24-19-11-16(12-3-5-13(6-4-12)23(26)27)20-17(29-19)8-7-15-21(25)18(30-22(15)20)10-14-2-1-9-28-14/h1-10,16H,11H2,(H,26,27). The summed E-state index contributed by atoms with van der Waals surface area (Å²) in [5.74, 6) is -0.911. The third kappa shape index (κ3) is 2.88. The fraction of sp³-hybridized carbons (Fsp3) is 0.0870. The predicted octanol–water partition coefficient (Wildman–Crippen LogP) is 4.04. The summed E-state index contributed by atoms with van der Waals surface area (Å²) in [5, 5.41) is 9.13. The van der Waals surface area contributed by atoms with Crippen LogP contribution in [0.1, 0.15) is 49.9 Å². The lowest BCUT2D eigenvalue weighted by Gasteiger charge is -2.26. The lowest BCUT2D eigenvalue weighted by atomic mass is 9.84. The van der Waals surface area contributed by atoms with E-state index in [1.54, 1.807) is 36.4 Å². The van der Waals surface area contributed by atoms with Crippen LogP contribution in [0.3, 0.4) is 0 Å². The zero-order valence-electron chi connectivity index (χ0n) is 15.5. The summed E-state index contributed by atoms with van der Waals surface area (Å²) >= 11 is 0. The first kappa shape index (κ1) is 17.9. The van der Waals surface area contributed by atoms with Crippen LogP contribution >= 0.6 is 0 Å². The van der Waals surface area contributed by atoms with Crippen LogP contribution in [0.2, 0.25) is 0 Å². The summed E-state index contributed by atoms with van der Waals surface area (Å²) in [5.41, 5.74) is 1.83. The van der Waals surface area contributed by atoms with Crippen molar-refractivity contribution in [1.82, 2.24) is 0 Å². The molecule has 0 fully saturated rings. The molecule has 0 saturated heterocycles. The van der Waals surface area contributed by atoms with Gasteiger partial charge >= 0.3 is 11.9 Å². The Morgan fingerprint density at radius 1 is 1.03 bits per heavy atom. The first-order valence-electron chi connectivity index (χ1n) is 9.20. The van der Waals surface area contributed by atoms with Crippen molar-refractivity contribution in [2.24, 2.45) is 0 Å². The van der Waals surface area contributed by atoms with Gasteiger partial charge in [0.05, 0.1) is 23.8 Å². The summed E-state index contributed by atoms with van der Waals surface area (Å²) < 4.78 is 16.6. The highest BCUT2D eigenvalue weighted by Gasteiger charge is 2.38. The number of ketones is 1. The lowest BCUT2D eigenvalue weighted by Crippen LogP contribution is -2.21. The molecule has 0 amide bonds. The molecule has 2 aliphatic rings. The van der Waals surface area contributed by atoms with E-state index in [0.29, 0.717) is 28.4 Å². The Morgan fingerprint density at radius 2 is 1.83 bits per heavy atom. The van der Waals surface area contributed by atoms with Gasteiger partial charge in [-0.2, -0.15) is 0 Å². The third-order valence-electron chi connectivity index (χ3n) is 5.16. The van der Waals surface area contributed by atoms with Gasteiger partial charge in [-0.15, -0.1) is 0 Å². The third-order valence-corrected chi connectivity index (χ3v) is 5.16. The van der Waals surface area contributed by atoms with Gasteiger partial charge in [0.1, 0.15) is 17.3 Å². The number of aromatic carboxylic acids is 1. The molecule has 0 aliphatic carbocycles. The van der Waals surface area contributed by atoms with E-state index >= 15 is 0 Å². The van der Waals surface area contributed by atoms with Crippen molar-refractivity contribution in [2.75, 3.05) is 0 Å². The highest BCUT2D eigenvalue weighted by molar-refractivity contribution is 6.15. The molecule has 1 N–H and O–H groups in total. The number of allylic oxidation sites excluding steroid dienone is 1. The van der Waals surface area contributed by atoms with Crippen LogP contribution in [0.25, 0.3) is 6.08 Å². The van der Waals surface area contributed by atoms with Gasteiger partial charge in [-0.05, 0) is 42.0 Å². The summed E-state index contributed by atoms with van der Waals surface area (Å²) in [7, 11) is 0. The number of furan rings is 1. The number of carbonyl (C=O) groups excluding carboxylic acids is 2. The molecular weight excluding hydrogens is 388 g/mol. The van der Waals surface area contributed by atoms with Gasteiger partial charge in [0.2, 0.25) is 5.78 Å². The molecule has 2 aliphatic heterocycles. The van der Waals surface area contributed by atoms with Crippen LogP contribution in [0.5, 0.6) is 11.5 Å². The first-order chi connectivity index (χ1) is 14.5. The van der Waals surface area contributed by atoms with Crippen molar-refractivity contribution in [3.8, 4) is 11.5 Å². The fourth-order valence-corrected chi connectivity index (χ4v) is 3.75. The highest BCUT2D eigenvalue weighted by atomic mass is 16.5. The van der Waals surface area contributed by atoms with Crippen molar-refractivity contribution >= 4 is 23.8 Å². The summed E-state index contributed by atoms with van der Waals surface area (Å²) in [6.45, 7) is 0. The van der Waals surface area contributed by atoms with Gasteiger partial charge in [0, 0.05) is 17.6 Å². The molecule has 7 nitrogen and oxygen atoms in total. The minimum Gasteiger partial charge on any atom is -0.478 e. The van der Waals surface area contributed by atoms with E-state index in [4.69, 9.17) is 19.0 Å². The summed E-state index contributed by atoms with van der Waals surface area (Å²) in [6, 6.07) is 12.8. The zero-order valence-corrected chi connectivity index (χ0v) is 15.5. The van der Waals surface area contributed by atoms with E-state index in [1.165, 1.54) is 24.5 Å². The quantitative estimate of drug-likeness (QED) is 0.401. The molecule has 0 spiro atoms. The van der Waals surface area contributed by atoms with Crippen LogP contribution in [0.4, 0.5) is 0 Å². The van der Waals surface area contributed by atoms with Crippen molar-refractivity contribution in [1.29, 1.82) is 0 Å². The number of hydrogen-bond acceptors (Lipinski definition) is 6. The van der Waals surface area contributed by atoms with Crippen molar-refractivity contribution in [2.45, 2.75) is 12.3 Å². The highest BCUT2D eigenvalue weighted by Crippen LogP contribution is 2.48. The van der Waals surface area contributed by atoms with Crippen LogP contribution in [-0.2, 0) is 4.79 Å². The zero-order chi connectivity index (χ0) is 20.8. The Labute approximate surface area is 170 Å². The topological polar surface area (TPSA) is 103 Å². The van der Waals surface area contributed by atoms with Gasteiger partial charge in [-0.3, -0.25) is 9.59 Å². The molecule has 3 aromatic rings. The van der Waals surface area contributed by atoms with E-state index in [1.807, 2.05) is 0 Å². The number of carbonyl (C=O) groups is 3. The second-order valence-corrected chi connectivity index (χ2v) is 6.97. The average Bonchev–Trinajstić information content (AvgIpc) is 3.36. The molecule has 0 saturated carbocycles. The second kappa shape index (κ2) is 6.73. The summed E-state index contributed by atoms with van der Waals surface area (Å²) in [4.78, 5) is 36.2. The molecule has 2 aromatic carbocycles. The van der Waals surface area contributed by atoms with Gasteiger partial charge in [-0.25, -0.2) is 4.79 Å². The molecule has 1 aromatic heterocycles. The van der Waals surface area contributed by atoms with E-state index in [0.717, 1.165) is 5.56 Å². The van der Waals surface area contributed by atoms with E-state index in [9.17, 15) is 14.4 Å². The number of hydrogen-bond donors (Lipinski definition) is 1. The minimum absolute atomic E-state index is 0.0463.